The van der Waals surface area contributed by atoms with Crippen LogP contribution in [0.4, 0.5) is 5.95 Å². The Morgan fingerprint density at radius 3 is 2.48 bits per heavy atom. The maximum absolute atomic E-state index is 13.5. The van der Waals surface area contributed by atoms with Gasteiger partial charge in [0, 0.05) is 35.7 Å². The lowest BCUT2D eigenvalue weighted by Gasteiger charge is -2.19. The van der Waals surface area contributed by atoms with Gasteiger partial charge in [0.2, 0.25) is 5.95 Å². The van der Waals surface area contributed by atoms with Gasteiger partial charge in [0.25, 0.3) is 5.56 Å². The molecule has 2 aliphatic rings. The minimum Gasteiger partial charge on any atom is -0.351 e. The third kappa shape index (κ3) is 3.78. The van der Waals surface area contributed by atoms with Crippen molar-refractivity contribution >= 4 is 17.0 Å². The first-order valence-electron chi connectivity index (χ1n) is 11.0. The Balaban J connectivity index is 1.58. The Morgan fingerprint density at radius 1 is 1.00 bits per heavy atom. The van der Waals surface area contributed by atoms with E-state index in [2.05, 4.69) is 22.4 Å². The minimum atomic E-state index is 0.110. The fourth-order valence-corrected chi connectivity index (χ4v) is 4.94. The summed E-state index contributed by atoms with van der Waals surface area (Å²) in [7, 11) is 0. The lowest BCUT2D eigenvalue weighted by molar-refractivity contribution is 0.513. The van der Waals surface area contributed by atoms with Crippen molar-refractivity contribution in [2.24, 2.45) is 0 Å². The van der Waals surface area contributed by atoms with Gasteiger partial charge in [-0.15, -0.1) is 0 Å². The molecule has 1 aromatic carbocycles. The zero-order valence-corrected chi connectivity index (χ0v) is 16.8. The number of hydrogen-bond donors (Lipinski definition) is 1. The van der Waals surface area contributed by atoms with E-state index in [0.29, 0.717) is 18.4 Å². The van der Waals surface area contributed by atoms with Crippen molar-refractivity contribution in [2.45, 2.75) is 69.9 Å². The molecule has 0 unspecified atom stereocenters. The molecule has 0 aliphatic heterocycles. The summed E-state index contributed by atoms with van der Waals surface area (Å²) in [6.45, 7) is 0. The second-order valence-electron chi connectivity index (χ2n) is 8.54. The van der Waals surface area contributed by atoms with Gasteiger partial charge in [0.05, 0.1) is 0 Å². The summed E-state index contributed by atoms with van der Waals surface area (Å²) in [6.07, 6.45) is 11.9. The third-order valence-corrected chi connectivity index (χ3v) is 6.46. The third-order valence-electron chi connectivity index (χ3n) is 6.46. The molecule has 0 radical (unpaired) electrons. The summed E-state index contributed by atoms with van der Waals surface area (Å²) < 4.78 is 1.97. The number of rotatable bonds is 5. The second-order valence-corrected chi connectivity index (χ2v) is 8.54. The van der Waals surface area contributed by atoms with E-state index in [1.165, 1.54) is 38.5 Å². The van der Waals surface area contributed by atoms with Crippen LogP contribution in [0.25, 0.3) is 11.0 Å². The lowest BCUT2D eigenvalue weighted by atomic mass is 10.0. The topological polar surface area (TPSA) is 59.8 Å². The molecule has 2 heterocycles. The number of nitrogens with zero attached hydrogens (tertiary/aromatic N) is 3. The average Bonchev–Trinajstić information content (AvgIpc) is 3.44. The molecule has 2 aromatic heterocycles. The number of nitrogens with one attached hydrogen (secondary N) is 1. The lowest BCUT2D eigenvalue weighted by Crippen LogP contribution is -2.28. The first kappa shape index (κ1) is 18.3. The molecule has 0 amide bonds. The van der Waals surface area contributed by atoms with Crippen LogP contribution in [0.15, 0.2) is 47.4 Å². The molecule has 2 aliphatic carbocycles. The van der Waals surface area contributed by atoms with Crippen LogP contribution in [0.1, 0.15) is 68.5 Å². The number of hydrogen-bond acceptors (Lipinski definition) is 4. The summed E-state index contributed by atoms with van der Waals surface area (Å²) in [5.41, 5.74) is 2.88. The van der Waals surface area contributed by atoms with Crippen molar-refractivity contribution in [2.75, 3.05) is 5.32 Å². The van der Waals surface area contributed by atoms with Gasteiger partial charge >= 0.3 is 0 Å². The molecule has 5 heteroatoms. The molecule has 3 aromatic rings. The Hall–Kier alpha value is -2.69. The van der Waals surface area contributed by atoms with Crippen LogP contribution < -0.4 is 10.9 Å². The molecule has 29 heavy (non-hydrogen) atoms. The molecule has 0 atom stereocenters. The highest BCUT2D eigenvalue weighted by Crippen LogP contribution is 2.31. The fraction of sp³-hybridized carbons (Fsp3) is 0.458. The highest BCUT2D eigenvalue weighted by atomic mass is 16.1. The van der Waals surface area contributed by atoms with E-state index in [1.54, 1.807) is 0 Å². The number of aromatic nitrogens is 3. The first-order chi connectivity index (χ1) is 14.3. The van der Waals surface area contributed by atoms with Crippen LogP contribution in [-0.2, 0) is 6.42 Å². The highest BCUT2D eigenvalue weighted by molar-refractivity contribution is 5.76. The number of fused-ring (bicyclic) bond motifs is 1. The fourth-order valence-electron chi connectivity index (χ4n) is 4.94. The van der Waals surface area contributed by atoms with Crippen molar-refractivity contribution in [1.82, 2.24) is 14.5 Å². The Bertz CT molecular complexity index is 1050. The summed E-state index contributed by atoms with van der Waals surface area (Å²) >= 11 is 0. The summed E-state index contributed by atoms with van der Waals surface area (Å²) in [6, 6.07) is 12.9. The number of pyridine rings is 1. The van der Waals surface area contributed by atoms with Gasteiger partial charge < -0.3 is 5.32 Å². The normalized spacial score (nSPS) is 17.9. The predicted octanol–water partition coefficient (Wildman–Crippen LogP) is 4.85. The Labute approximate surface area is 171 Å². The van der Waals surface area contributed by atoms with E-state index in [9.17, 15) is 4.79 Å². The molecule has 2 fully saturated rings. The molecule has 0 saturated heterocycles. The van der Waals surface area contributed by atoms with E-state index in [-0.39, 0.29) is 11.6 Å². The van der Waals surface area contributed by atoms with E-state index in [1.807, 2.05) is 35.0 Å². The minimum absolute atomic E-state index is 0.110. The van der Waals surface area contributed by atoms with Gasteiger partial charge in [0.1, 0.15) is 5.65 Å². The van der Waals surface area contributed by atoms with Crippen molar-refractivity contribution in [3.8, 4) is 0 Å². The molecule has 2 saturated carbocycles. The van der Waals surface area contributed by atoms with Crippen molar-refractivity contribution in [1.29, 1.82) is 0 Å². The van der Waals surface area contributed by atoms with E-state index in [0.717, 1.165) is 35.0 Å². The standard InChI is InChI=1S/C24H28N4O/c29-23-18(14-17-8-2-1-3-9-17)15-19-16-25-24(26-20-10-4-5-11-20)27-22(19)28(23)21-12-6-7-13-21/h1-3,8-9,15-16,20-21H,4-7,10-14H2,(H,25,26,27). The SMILES string of the molecule is O=c1c(Cc2ccccc2)cc2cnc(NC3CCCC3)nc2n1C1CCCC1. The van der Waals surface area contributed by atoms with Gasteiger partial charge in [-0.1, -0.05) is 56.0 Å². The van der Waals surface area contributed by atoms with Gasteiger partial charge in [-0.2, -0.15) is 4.98 Å². The Kier molecular flexibility index (Phi) is 5.04. The highest BCUT2D eigenvalue weighted by Gasteiger charge is 2.23. The van der Waals surface area contributed by atoms with Crippen molar-refractivity contribution in [3.63, 3.8) is 0 Å². The first-order valence-corrected chi connectivity index (χ1v) is 11.0. The van der Waals surface area contributed by atoms with Crippen LogP contribution in [0.5, 0.6) is 0 Å². The predicted molar refractivity (Wildman–Crippen MR) is 116 cm³/mol. The van der Waals surface area contributed by atoms with Crippen LogP contribution >= 0.6 is 0 Å². The second kappa shape index (κ2) is 7.97. The quantitative estimate of drug-likeness (QED) is 0.679. The van der Waals surface area contributed by atoms with Gasteiger partial charge in [0.15, 0.2) is 0 Å². The zero-order valence-electron chi connectivity index (χ0n) is 16.8. The molecule has 1 N–H and O–H groups in total. The molecule has 5 rings (SSSR count). The van der Waals surface area contributed by atoms with Gasteiger partial charge in [-0.3, -0.25) is 9.36 Å². The van der Waals surface area contributed by atoms with Crippen molar-refractivity contribution in [3.05, 3.63) is 64.1 Å². The van der Waals surface area contributed by atoms with Crippen LogP contribution in [-0.4, -0.2) is 20.6 Å². The van der Waals surface area contributed by atoms with Crippen molar-refractivity contribution < 1.29 is 0 Å². The van der Waals surface area contributed by atoms with E-state index in [4.69, 9.17) is 4.98 Å². The summed E-state index contributed by atoms with van der Waals surface area (Å²) in [4.78, 5) is 22.9. The van der Waals surface area contributed by atoms with Crippen LogP contribution in [0.3, 0.4) is 0 Å². The molecular weight excluding hydrogens is 360 g/mol. The smallest absolute Gasteiger partial charge is 0.256 e. The molecule has 0 bridgehead atoms. The van der Waals surface area contributed by atoms with Crippen LogP contribution in [0, 0.1) is 0 Å². The van der Waals surface area contributed by atoms with Gasteiger partial charge in [-0.25, -0.2) is 4.98 Å². The molecule has 5 nitrogen and oxygen atoms in total. The van der Waals surface area contributed by atoms with Gasteiger partial charge in [-0.05, 0) is 37.3 Å². The summed E-state index contributed by atoms with van der Waals surface area (Å²) in [5, 5.41) is 4.44. The largest absolute Gasteiger partial charge is 0.351 e. The monoisotopic (exact) mass is 388 g/mol. The van der Waals surface area contributed by atoms with Crippen LogP contribution in [0.2, 0.25) is 0 Å². The maximum atomic E-state index is 13.5. The molecular formula is C24H28N4O. The summed E-state index contributed by atoms with van der Waals surface area (Å²) in [5.74, 6) is 0.659. The number of anilines is 1. The van der Waals surface area contributed by atoms with E-state index >= 15 is 0 Å². The zero-order chi connectivity index (χ0) is 19.6. The Morgan fingerprint density at radius 2 is 1.72 bits per heavy atom. The number of benzene rings is 1. The average molecular weight is 389 g/mol. The maximum Gasteiger partial charge on any atom is 0.256 e. The van der Waals surface area contributed by atoms with E-state index < -0.39 is 0 Å². The molecule has 0 spiro atoms. The molecule has 150 valence electrons.